The molecule has 0 radical (unpaired) electrons. The number of ether oxygens (including phenoxy) is 1. The first kappa shape index (κ1) is 19.2. The molecule has 5 nitrogen and oxygen atoms in total. The third-order valence-electron chi connectivity index (χ3n) is 4.20. The van der Waals surface area contributed by atoms with Crippen molar-refractivity contribution in [1.82, 2.24) is 5.32 Å². The minimum atomic E-state index is -0.301. The van der Waals surface area contributed by atoms with Gasteiger partial charge in [-0.1, -0.05) is 11.6 Å². The van der Waals surface area contributed by atoms with Crippen molar-refractivity contribution in [3.8, 4) is 5.75 Å². The molecule has 2 aromatic rings. The van der Waals surface area contributed by atoms with Crippen LogP contribution in [-0.2, 0) is 11.2 Å². The Morgan fingerprint density at radius 2 is 1.81 bits per heavy atom. The monoisotopic (exact) mass is 386 g/mol. The standard InChI is InChI=1S/C21H23ClN2O3/c1-21(2,3)24-20(26)13-4-7-17(8-5-13)23-19(25)15-10-14-11-16(22)6-9-18(14)27-12-15/h4-9,11,15H,10,12H2,1-3H3,(H,23,25)(H,24,26). The van der Waals surface area contributed by atoms with Crippen molar-refractivity contribution in [3.63, 3.8) is 0 Å². The van der Waals surface area contributed by atoms with Crippen molar-refractivity contribution < 1.29 is 14.3 Å². The second-order valence-corrected chi connectivity index (χ2v) is 8.17. The fourth-order valence-electron chi connectivity index (χ4n) is 2.89. The second kappa shape index (κ2) is 7.61. The number of carbonyl (C=O) groups excluding carboxylic acids is 2. The average molecular weight is 387 g/mol. The number of halogens is 1. The van der Waals surface area contributed by atoms with E-state index in [1.54, 1.807) is 30.3 Å². The molecule has 142 valence electrons. The maximum Gasteiger partial charge on any atom is 0.251 e. The molecule has 1 aliphatic heterocycles. The Balaban J connectivity index is 1.62. The number of anilines is 1. The molecule has 2 N–H and O–H groups in total. The third-order valence-corrected chi connectivity index (χ3v) is 4.44. The van der Waals surface area contributed by atoms with E-state index in [0.717, 1.165) is 11.3 Å². The maximum atomic E-state index is 12.6. The number of benzene rings is 2. The highest BCUT2D eigenvalue weighted by molar-refractivity contribution is 6.30. The van der Waals surface area contributed by atoms with E-state index < -0.39 is 0 Å². The highest BCUT2D eigenvalue weighted by Crippen LogP contribution is 2.30. The summed E-state index contributed by atoms with van der Waals surface area (Å²) in [7, 11) is 0. The highest BCUT2D eigenvalue weighted by atomic mass is 35.5. The maximum absolute atomic E-state index is 12.6. The SMILES string of the molecule is CC(C)(C)NC(=O)c1ccc(NC(=O)C2COc3ccc(Cl)cc3C2)cc1. The van der Waals surface area contributed by atoms with Gasteiger partial charge in [-0.2, -0.15) is 0 Å². The van der Waals surface area contributed by atoms with Crippen LogP contribution in [0.4, 0.5) is 5.69 Å². The Hall–Kier alpha value is -2.53. The van der Waals surface area contributed by atoms with Crippen LogP contribution in [0.25, 0.3) is 0 Å². The van der Waals surface area contributed by atoms with Crippen molar-refractivity contribution >= 4 is 29.1 Å². The molecule has 0 bridgehead atoms. The van der Waals surface area contributed by atoms with Gasteiger partial charge < -0.3 is 15.4 Å². The van der Waals surface area contributed by atoms with Gasteiger partial charge in [-0.3, -0.25) is 9.59 Å². The summed E-state index contributed by atoms with van der Waals surface area (Å²) in [4.78, 5) is 24.7. The summed E-state index contributed by atoms with van der Waals surface area (Å²) >= 11 is 6.03. The predicted molar refractivity (Wildman–Crippen MR) is 106 cm³/mol. The largest absolute Gasteiger partial charge is 0.492 e. The molecule has 0 aliphatic carbocycles. The van der Waals surface area contributed by atoms with Crippen molar-refractivity contribution in [1.29, 1.82) is 0 Å². The molecule has 3 rings (SSSR count). The first-order valence-corrected chi connectivity index (χ1v) is 9.24. The van der Waals surface area contributed by atoms with Gasteiger partial charge in [0.15, 0.2) is 0 Å². The molecule has 2 aromatic carbocycles. The third kappa shape index (κ3) is 5.01. The average Bonchev–Trinajstić information content (AvgIpc) is 2.60. The molecule has 1 heterocycles. The molecule has 0 aromatic heterocycles. The molecule has 0 saturated carbocycles. The number of nitrogens with one attached hydrogen (secondary N) is 2. The number of carbonyl (C=O) groups is 2. The molecular weight excluding hydrogens is 364 g/mol. The van der Waals surface area contributed by atoms with Crippen LogP contribution in [0.5, 0.6) is 5.75 Å². The van der Waals surface area contributed by atoms with E-state index in [1.165, 1.54) is 0 Å². The molecular formula is C21H23ClN2O3. The fourth-order valence-corrected chi connectivity index (χ4v) is 3.09. The zero-order valence-corrected chi connectivity index (χ0v) is 16.4. The Morgan fingerprint density at radius 1 is 1.11 bits per heavy atom. The molecule has 0 saturated heterocycles. The summed E-state index contributed by atoms with van der Waals surface area (Å²) in [6.07, 6.45) is 0.577. The molecule has 1 unspecified atom stereocenters. The van der Waals surface area contributed by atoms with E-state index >= 15 is 0 Å². The Labute approximate surface area is 164 Å². The summed E-state index contributed by atoms with van der Waals surface area (Å²) in [5.41, 5.74) is 1.82. The van der Waals surface area contributed by atoms with Crippen LogP contribution in [0.2, 0.25) is 5.02 Å². The lowest BCUT2D eigenvalue weighted by Crippen LogP contribution is -2.40. The van der Waals surface area contributed by atoms with Crippen LogP contribution in [0.3, 0.4) is 0 Å². The minimum Gasteiger partial charge on any atom is -0.492 e. The zero-order valence-electron chi connectivity index (χ0n) is 15.6. The summed E-state index contributed by atoms with van der Waals surface area (Å²) in [5, 5.41) is 6.42. The van der Waals surface area contributed by atoms with Crippen molar-refractivity contribution in [3.05, 3.63) is 58.6 Å². The van der Waals surface area contributed by atoms with Crippen molar-refractivity contribution in [2.45, 2.75) is 32.7 Å². The predicted octanol–water partition coefficient (Wildman–Crippen LogP) is 4.06. The van der Waals surface area contributed by atoms with Gasteiger partial charge in [0.05, 0.1) is 5.92 Å². The summed E-state index contributed by atoms with van der Waals surface area (Å²) in [6.45, 7) is 6.11. The Bertz CT molecular complexity index is 857. The zero-order chi connectivity index (χ0) is 19.6. The molecule has 0 fully saturated rings. The van der Waals surface area contributed by atoms with Gasteiger partial charge in [-0.05, 0) is 75.2 Å². The quantitative estimate of drug-likeness (QED) is 0.835. The lowest BCUT2D eigenvalue weighted by Gasteiger charge is -2.24. The van der Waals surface area contributed by atoms with E-state index in [9.17, 15) is 9.59 Å². The van der Waals surface area contributed by atoms with Crippen LogP contribution in [0.15, 0.2) is 42.5 Å². The van der Waals surface area contributed by atoms with Gasteiger partial charge in [0.2, 0.25) is 5.91 Å². The van der Waals surface area contributed by atoms with Crippen LogP contribution in [0.1, 0.15) is 36.7 Å². The molecule has 2 amide bonds. The first-order valence-electron chi connectivity index (χ1n) is 8.86. The van der Waals surface area contributed by atoms with Crippen LogP contribution < -0.4 is 15.4 Å². The summed E-state index contributed by atoms with van der Waals surface area (Å²) < 4.78 is 5.67. The van der Waals surface area contributed by atoms with Gasteiger partial charge in [0.1, 0.15) is 12.4 Å². The molecule has 27 heavy (non-hydrogen) atoms. The minimum absolute atomic E-state index is 0.118. The Morgan fingerprint density at radius 3 is 2.48 bits per heavy atom. The van der Waals surface area contributed by atoms with Gasteiger partial charge in [0.25, 0.3) is 5.91 Å². The number of hydrogen-bond donors (Lipinski definition) is 2. The molecule has 1 atom stereocenters. The second-order valence-electron chi connectivity index (χ2n) is 7.73. The van der Waals surface area contributed by atoms with Gasteiger partial charge in [-0.15, -0.1) is 0 Å². The van der Waals surface area contributed by atoms with Crippen molar-refractivity contribution in [2.75, 3.05) is 11.9 Å². The first-order chi connectivity index (χ1) is 12.7. The lowest BCUT2D eigenvalue weighted by molar-refractivity contribution is -0.121. The van der Waals surface area contributed by atoms with Crippen LogP contribution in [-0.4, -0.2) is 24.0 Å². The van der Waals surface area contributed by atoms with Crippen molar-refractivity contribution in [2.24, 2.45) is 5.92 Å². The Kier molecular flexibility index (Phi) is 5.42. The van der Waals surface area contributed by atoms with Crippen LogP contribution >= 0.6 is 11.6 Å². The molecule has 6 heteroatoms. The van der Waals surface area contributed by atoms with Gasteiger partial charge >= 0.3 is 0 Å². The topological polar surface area (TPSA) is 67.4 Å². The number of rotatable bonds is 3. The van der Waals surface area contributed by atoms with Crippen LogP contribution in [0, 0.1) is 5.92 Å². The van der Waals surface area contributed by atoms with E-state index in [-0.39, 0.29) is 23.3 Å². The molecule has 1 aliphatic rings. The van der Waals surface area contributed by atoms with E-state index in [2.05, 4.69) is 10.6 Å². The molecule has 0 spiro atoms. The van der Waals surface area contributed by atoms with Gasteiger partial charge in [0, 0.05) is 21.8 Å². The smallest absolute Gasteiger partial charge is 0.251 e. The van der Waals surface area contributed by atoms with Gasteiger partial charge in [-0.25, -0.2) is 0 Å². The summed E-state index contributed by atoms with van der Waals surface area (Å²) in [6, 6.07) is 12.3. The number of fused-ring (bicyclic) bond motifs is 1. The van der Waals surface area contributed by atoms with E-state index in [4.69, 9.17) is 16.3 Å². The van der Waals surface area contributed by atoms with E-state index in [1.807, 2.05) is 32.9 Å². The van der Waals surface area contributed by atoms with E-state index in [0.29, 0.717) is 29.3 Å². The highest BCUT2D eigenvalue weighted by Gasteiger charge is 2.26. The number of amides is 2. The lowest BCUT2D eigenvalue weighted by atomic mass is 9.96. The summed E-state index contributed by atoms with van der Waals surface area (Å²) in [5.74, 6) is 0.222. The normalized spacial score (nSPS) is 16.1. The fraction of sp³-hybridized carbons (Fsp3) is 0.333. The number of hydrogen-bond acceptors (Lipinski definition) is 3.